The highest BCUT2D eigenvalue weighted by atomic mass is 19.3. The van der Waals surface area contributed by atoms with Gasteiger partial charge in [0.1, 0.15) is 0 Å². The van der Waals surface area contributed by atoms with Crippen LogP contribution in [0.3, 0.4) is 0 Å². The highest BCUT2D eigenvalue weighted by Gasteiger charge is 2.56. The lowest BCUT2D eigenvalue weighted by molar-refractivity contribution is -0.222. The molecule has 1 nitrogen and oxygen atoms in total. The van der Waals surface area contributed by atoms with E-state index in [4.69, 9.17) is 0 Å². The Kier molecular flexibility index (Phi) is 3.63. The minimum absolute atomic E-state index is 0.0628. The van der Waals surface area contributed by atoms with Crippen molar-refractivity contribution in [2.24, 2.45) is 5.92 Å². The quantitative estimate of drug-likeness (QED) is 0.657. The van der Waals surface area contributed by atoms with Crippen molar-refractivity contribution in [1.82, 2.24) is 0 Å². The van der Waals surface area contributed by atoms with Crippen molar-refractivity contribution in [3.63, 3.8) is 0 Å². The summed E-state index contributed by atoms with van der Waals surface area (Å²) in [6.45, 7) is 7.52. The summed E-state index contributed by atoms with van der Waals surface area (Å²) in [5.74, 6) is -2.67. The van der Waals surface area contributed by atoms with Gasteiger partial charge < -0.3 is 5.11 Å². The molecule has 0 amide bonds. The van der Waals surface area contributed by atoms with Crippen molar-refractivity contribution in [2.75, 3.05) is 0 Å². The molecule has 1 N–H and O–H groups in total. The van der Waals surface area contributed by atoms with Gasteiger partial charge in [-0.3, -0.25) is 0 Å². The van der Waals surface area contributed by atoms with E-state index < -0.39 is 11.5 Å². The SMILES string of the molecule is CC.CC(C)C1(O)CC(F)(F)C1. The third-order valence-corrected chi connectivity index (χ3v) is 2.20. The van der Waals surface area contributed by atoms with Crippen LogP contribution in [-0.2, 0) is 0 Å². The smallest absolute Gasteiger partial charge is 0.253 e. The lowest BCUT2D eigenvalue weighted by Crippen LogP contribution is -2.54. The largest absolute Gasteiger partial charge is 0.389 e. The van der Waals surface area contributed by atoms with E-state index in [1.165, 1.54) is 0 Å². The average molecular weight is 180 g/mol. The first-order chi connectivity index (χ1) is 5.36. The summed E-state index contributed by atoms with van der Waals surface area (Å²) in [6, 6.07) is 0. The van der Waals surface area contributed by atoms with Gasteiger partial charge in [0, 0.05) is 12.8 Å². The molecule has 0 aliphatic heterocycles. The van der Waals surface area contributed by atoms with Crippen molar-refractivity contribution in [2.45, 2.75) is 52.1 Å². The summed E-state index contributed by atoms with van der Waals surface area (Å²) >= 11 is 0. The van der Waals surface area contributed by atoms with Crippen molar-refractivity contribution in [3.8, 4) is 0 Å². The van der Waals surface area contributed by atoms with Gasteiger partial charge in [-0.25, -0.2) is 8.78 Å². The van der Waals surface area contributed by atoms with E-state index in [0.717, 1.165) is 0 Å². The summed E-state index contributed by atoms with van der Waals surface area (Å²) in [6.07, 6.45) is -0.727. The Labute approximate surface area is 72.8 Å². The molecular formula is C9H18F2O. The number of hydrogen-bond donors (Lipinski definition) is 1. The minimum Gasteiger partial charge on any atom is -0.389 e. The fraction of sp³-hybridized carbons (Fsp3) is 1.00. The third-order valence-electron chi connectivity index (χ3n) is 2.20. The van der Waals surface area contributed by atoms with Crippen LogP contribution in [-0.4, -0.2) is 16.6 Å². The molecule has 0 saturated heterocycles. The highest BCUT2D eigenvalue weighted by Crippen LogP contribution is 2.49. The van der Waals surface area contributed by atoms with Crippen LogP contribution in [0.25, 0.3) is 0 Å². The molecule has 0 aromatic carbocycles. The zero-order valence-electron chi connectivity index (χ0n) is 8.19. The van der Waals surface area contributed by atoms with E-state index in [1.807, 2.05) is 13.8 Å². The second-order valence-electron chi connectivity index (χ2n) is 3.47. The highest BCUT2D eigenvalue weighted by molar-refractivity contribution is 5.01. The van der Waals surface area contributed by atoms with Crippen molar-refractivity contribution in [3.05, 3.63) is 0 Å². The predicted octanol–water partition coefficient (Wildman–Crippen LogP) is 2.83. The zero-order chi connectivity index (χ0) is 9.99. The number of rotatable bonds is 1. The molecule has 0 aromatic rings. The lowest BCUT2D eigenvalue weighted by Gasteiger charge is -2.46. The van der Waals surface area contributed by atoms with Gasteiger partial charge in [0.25, 0.3) is 5.92 Å². The summed E-state index contributed by atoms with van der Waals surface area (Å²) in [4.78, 5) is 0. The number of aliphatic hydroxyl groups is 1. The van der Waals surface area contributed by atoms with Crippen molar-refractivity contribution in [1.29, 1.82) is 0 Å². The molecule has 1 rings (SSSR count). The Hall–Kier alpha value is -0.180. The molecule has 3 heteroatoms. The second kappa shape index (κ2) is 3.69. The Bertz CT molecular complexity index is 135. The number of halogens is 2. The van der Waals surface area contributed by atoms with E-state index >= 15 is 0 Å². The van der Waals surface area contributed by atoms with Gasteiger partial charge in [0.2, 0.25) is 0 Å². The molecule has 0 bridgehead atoms. The Morgan fingerprint density at radius 2 is 1.50 bits per heavy atom. The van der Waals surface area contributed by atoms with E-state index in [-0.39, 0.29) is 18.8 Å². The molecule has 0 radical (unpaired) electrons. The second-order valence-corrected chi connectivity index (χ2v) is 3.47. The molecule has 0 unspecified atom stereocenters. The summed E-state index contributed by atoms with van der Waals surface area (Å²) in [5.41, 5.74) is -1.09. The maximum absolute atomic E-state index is 12.2. The summed E-state index contributed by atoms with van der Waals surface area (Å²) in [7, 11) is 0. The Morgan fingerprint density at radius 1 is 1.17 bits per heavy atom. The van der Waals surface area contributed by atoms with E-state index in [1.54, 1.807) is 13.8 Å². The van der Waals surface area contributed by atoms with Crippen LogP contribution in [0.2, 0.25) is 0 Å². The van der Waals surface area contributed by atoms with E-state index in [9.17, 15) is 13.9 Å². The maximum atomic E-state index is 12.2. The topological polar surface area (TPSA) is 20.2 Å². The fourth-order valence-corrected chi connectivity index (χ4v) is 1.25. The van der Waals surface area contributed by atoms with E-state index in [2.05, 4.69) is 0 Å². The minimum atomic E-state index is -2.61. The van der Waals surface area contributed by atoms with Crippen LogP contribution in [0.15, 0.2) is 0 Å². The zero-order valence-corrected chi connectivity index (χ0v) is 8.19. The van der Waals surface area contributed by atoms with Gasteiger partial charge >= 0.3 is 0 Å². The van der Waals surface area contributed by atoms with Crippen LogP contribution in [0.5, 0.6) is 0 Å². The van der Waals surface area contributed by atoms with Gasteiger partial charge in [-0.2, -0.15) is 0 Å². The normalized spacial score (nSPS) is 24.0. The predicted molar refractivity (Wildman–Crippen MR) is 45.3 cm³/mol. The van der Waals surface area contributed by atoms with Crippen LogP contribution in [0.4, 0.5) is 8.78 Å². The first kappa shape index (κ1) is 11.8. The van der Waals surface area contributed by atoms with Crippen molar-refractivity contribution < 1.29 is 13.9 Å². The molecule has 1 saturated carbocycles. The molecule has 1 aliphatic carbocycles. The van der Waals surface area contributed by atoms with Gasteiger partial charge in [-0.15, -0.1) is 0 Å². The standard InChI is InChI=1S/C7H12F2O.C2H6/c1-5(2)6(10)3-7(8,9)4-6;1-2/h5,10H,3-4H2,1-2H3;1-2H3. The van der Waals surface area contributed by atoms with Crippen molar-refractivity contribution >= 4 is 0 Å². The maximum Gasteiger partial charge on any atom is 0.253 e. The molecule has 0 spiro atoms. The number of hydrogen-bond acceptors (Lipinski definition) is 1. The molecule has 0 atom stereocenters. The first-order valence-corrected chi connectivity index (χ1v) is 4.46. The molecule has 0 aromatic heterocycles. The van der Waals surface area contributed by atoms with Crippen LogP contribution in [0.1, 0.15) is 40.5 Å². The average Bonchev–Trinajstić information content (AvgIpc) is 1.87. The monoisotopic (exact) mass is 180 g/mol. The van der Waals surface area contributed by atoms with Gasteiger partial charge in [0.15, 0.2) is 0 Å². The van der Waals surface area contributed by atoms with Gasteiger partial charge in [-0.1, -0.05) is 27.7 Å². The van der Waals surface area contributed by atoms with Crippen LogP contribution >= 0.6 is 0 Å². The summed E-state index contributed by atoms with van der Waals surface area (Å²) < 4.78 is 24.5. The van der Waals surface area contributed by atoms with E-state index in [0.29, 0.717) is 0 Å². The van der Waals surface area contributed by atoms with Crippen LogP contribution in [0, 0.1) is 5.92 Å². The lowest BCUT2D eigenvalue weighted by atomic mass is 9.70. The molecule has 0 heterocycles. The van der Waals surface area contributed by atoms with Crippen LogP contribution < -0.4 is 0 Å². The molecule has 1 aliphatic rings. The molecule has 74 valence electrons. The van der Waals surface area contributed by atoms with Gasteiger partial charge in [-0.05, 0) is 5.92 Å². The summed E-state index contributed by atoms with van der Waals surface area (Å²) in [5, 5.41) is 9.34. The number of alkyl halides is 2. The molecule has 12 heavy (non-hydrogen) atoms. The Balaban J connectivity index is 0.000000561. The molecule has 1 fully saturated rings. The Morgan fingerprint density at radius 3 is 1.58 bits per heavy atom. The van der Waals surface area contributed by atoms with Gasteiger partial charge in [0.05, 0.1) is 5.60 Å². The third kappa shape index (κ3) is 2.41. The first-order valence-electron chi connectivity index (χ1n) is 4.46. The molecular weight excluding hydrogens is 162 g/mol. The fourth-order valence-electron chi connectivity index (χ4n) is 1.25.